The fraction of sp³-hybridized carbons (Fsp3) is 0.316. The topological polar surface area (TPSA) is 40.5 Å². The molecule has 5 heteroatoms. The van der Waals surface area contributed by atoms with E-state index in [-0.39, 0.29) is 17.8 Å². The molecule has 0 aromatic heterocycles. The van der Waals surface area contributed by atoms with Crippen LogP contribution in [0.5, 0.6) is 0 Å². The van der Waals surface area contributed by atoms with Crippen LogP contribution in [-0.4, -0.2) is 29.1 Å². The van der Waals surface area contributed by atoms with Gasteiger partial charge in [0.15, 0.2) is 0 Å². The van der Waals surface area contributed by atoms with Crippen molar-refractivity contribution in [3.63, 3.8) is 0 Å². The summed E-state index contributed by atoms with van der Waals surface area (Å²) >= 11 is 3.50. The van der Waals surface area contributed by atoms with Gasteiger partial charge in [0.2, 0.25) is 0 Å². The smallest absolute Gasteiger partial charge is 0.307 e. The van der Waals surface area contributed by atoms with Crippen LogP contribution in [0.1, 0.15) is 30.0 Å². The van der Waals surface area contributed by atoms with Crippen molar-refractivity contribution >= 4 is 21.9 Å². The molecule has 1 saturated heterocycles. The summed E-state index contributed by atoms with van der Waals surface area (Å²) in [6.45, 7) is 1.34. The van der Waals surface area contributed by atoms with Crippen LogP contribution < -0.4 is 0 Å². The summed E-state index contributed by atoms with van der Waals surface area (Å²) in [5.74, 6) is -1.37. The summed E-state index contributed by atoms with van der Waals surface area (Å²) in [7, 11) is 0. The van der Waals surface area contributed by atoms with Crippen molar-refractivity contribution in [2.24, 2.45) is 5.92 Å². The molecule has 2 unspecified atom stereocenters. The standard InChI is InChI=1S/C19H19BrFNO2/c20-16-5-1-3-14(11-16)18(13-6-8-17(21)9-7-13)22-10-2-4-15(12-22)19(23)24/h1,3,5-9,11,15,18H,2,4,10,12H2,(H,23,24). The van der Waals surface area contributed by atoms with Gasteiger partial charge in [0.05, 0.1) is 12.0 Å². The third kappa shape index (κ3) is 3.84. The Bertz CT molecular complexity index is 720. The quantitative estimate of drug-likeness (QED) is 0.835. The van der Waals surface area contributed by atoms with Crippen LogP contribution in [0.3, 0.4) is 0 Å². The van der Waals surface area contributed by atoms with Crippen molar-refractivity contribution in [3.05, 3.63) is 69.9 Å². The summed E-state index contributed by atoms with van der Waals surface area (Å²) < 4.78 is 14.3. The fourth-order valence-corrected chi connectivity index (χ4v) is 3.80. The first-order valence-corrected chi connectivity index (χ1v) is 8.81. The van der Waals surface area contributed by atoms with Crippen molar-refractivity contribution in [3.8, 4) is 0 Å². The van der Waals surface area contributed by atoms with E-state index in [0.29, 0.717) is 13.0 Å². The maximum atomic E-state index is 13.3. The number of likely N-dealkylation sites (tertiary alicyclic amines) is 1. The number of nitrogens with zero attached hydrogens (tertiary/aromatic N) is 1. The molecular weight excluding hydrogens is 373 g/mol. The van der Waals surface area contributed by atoms with Crippen LogP contribution in [0.4, 0.5) is 4.39 Å². The molecule has 2 aromatic rings. The summed E-state index contributed by atoms with van der Waals surface area (Å²) in [5.41, 5.74) is 2.04. The molecule has 0 saturated carbocycles. The van der Waals surface area contributed by atoms with Crippen LogP contribution in [0.25, 0.3) is 0 Å². The van der Waals surface area contributed by atoms with E-state index in [0.717, 1.165) is 28.6 Å². The first-order valence-electron chi connectivity index (χ1n) is 8.02. The lowest BCUT2D eigenvalue weighted by molar-refractivity contribution is -0.143. The zero-order chi connectivity index (χ0) is 17.1. The average molecular weight is 392 g/mol. The van der Waals surface area contributed by atoms with Crippen molar-refractivity contribution in [1.82, 2.24) is 4.90 Å². The van der Waals surface area contributed by atoms with Gasteiger partial charge in [0.1, 0.15) is 5.82 Å². The fourth-order valence-electron chi connectivity index (χ4n) is 3.38. The number of hydrogen-bond donors (Lipinski definition) is 1. The van der Waals surface area contributed by atoms with Gasteiger partial charge in [-0.05, 0) is 54.8 Å². The normalized spacial score (nSPS) is 19.8. The lowest BCUT2D eigenvalue weighted by atomic mass is 9.91. The Morgan fingerprint density at radius 1 is 1.21 bits per heavy atom. The minimum Gasteiger partial charge on any atom is -0.481 e. The number of rotatable bonds is 4. The molecule has 126 valence electrons. The molecule has 0 aliphatic carbocycles. The molecule has 3 rings (SSSR count). The van der Waals surface area contributed by atoms with E-state index in [2.05, 4.69) is 20.8 Å². The van der Waals surface area contributed by atoms with Crippen molar-refractivity contribution in [2.75, 3.05) is 13.1 Å². The van der Waals surface area contributed by atoms with Gasteiger partial charge < -0.3 is 5.11 Å². The van der Waals surface area contributed by atoms with Gasteiger partial charge in [-0.1, -0.05) is 40.2 Å². The minimum absolute atomic E-state index is 0.0785. The minimum atomic E-state index is -0.744. The number of halogens is 2. The Balaban J connectivity index is 1.98. The number of carboxylic acid groups (broad SMARTS) is 1. The predicted molar refractivity (Wildman–Crippen MR) is 94.3 cm³/mol. The highest BCUT2D eigenvalue weighted by Crippen LogP contribution is 2.33. The lowest BCUT2D eigenvalue weighted by Crippen LogP contribution is -2.41. The van der Waals surface area contributed by atoms with E-state index in [1.165, 1.54) is 12.1 Å². The number of aliphatic carboxylic acids is 1. The second-order valence-electron chi connectivity index (χ2n) is 6.18. The van der Waals surface area contributed by atoms with Crippen LogP contribution in [0.15, 0.2) is 53.0 Å². The molecular formula is C19H19BrFNO2. The SMILES string of the molecule is O=C(O)C1CCCN(C(c2ccc(F)cc2)c2cccc(Br)c2)C1. The summed E-state index contributed by atoms with van der Waals surface area (Å²) in [5, 5.41) is 9.38. The van der Waals surface area contributed by atoms with Crippen molar-refractivity contribution in [1.29, 1.82) is 0 Å². The highest BCUT2D eigenvalue weighted by atomic mass is 79.9. The molecule has 0 radical (unpaired) electrons. The van der Waals surface area contributed by atoms with E-state index < -0.39 is 5.97 Å². The third-order valence-corrected chi connectivity index (χ3v) is 5.01. The van der Waals surface area contributed by atoms with Gasteiger partial charge in [-0.3, -0.25) is 9.69 Å². The molecule has 24 heavy (non-hydrogen) atoms. The first-order chi connectivity index (χ1) is 11.5. The van der Waals surface area contributed by atoms with Crippen LogP contribution in [-0.2, 0) is 4.79 Å². The number of carboxylic acids is 1. The average Bonchev–Trinajstić information content (AvgIpc) is 2.57. The second-order valence-corrected chi connectivity index (χ2v) is 7.10. The Kier molecular flexibility index (Phi) is 5.31. The second kappa shape index (κ2) is 7.45. The Labute approximate surface area is 149 Å². The first kappa shape index (κ1) is 17.1. The van der Waals surface area contributed by atoms with Gasteiger partial charge >= 0.3 is 5.97 Å². The molecule has 1 N–H and O–H groups in total. The Hall–Kier alpha value is -1.72. The van der Waals surface area contributed by atoms with E-state index >= 15 is 0 Å². The molecule has 1 aliphatic heterocycles. The van der Waals surface area contributed by atoms with Crippen LogP contribution >= 0.6 is 15.9 Å². The summed E-state index contributed by atoms with van der Waals surface area (Å²) in [6.07, 6.45) is 1.56. The number of benzene rings is 2. The molecule has 2 atom stereocenters. The monoisotopic (exact) mass is 391 g/mol. The highest BCUT2D eigenvalue weighted by Gasteiger charge is 2.31. The van der Waals surface area contributed by atoms with E-state index in [1.807, 2.05) is 24.3 Å². The molecule has 1 fully saturated rings. The van der Waals surface area contributed by atoms with Crippen molar-refractivity contribution < 1.29 is 14.3 Å². The molecule has 1 aliphatic rings. The van der Waals surface area contributed by atoms with Crippen LogP contribution in [0.2, 0.25) is 0 Å². The maximum Gasteiger partial charge on any atom is 0.307 e. The van der Waals surface area contributed by atoms with E-state index in [4.69, 9.17) is 0 Å². The van der Waals surface area contributed by atoms with E-state index in [9.17, 15) is 14.3 Å². The van der Waals surface area contributed by atoms with E-state index in [1.54, 1.807) is 12.1 Å². The van der Waals surface area contributed by atoms with Crippen LogP contribution in [0, 0.1) is 11.7 Å². The van der Waals surface area contributed by atoms with Gasteiger partial charge in [-0.25, -0.2) is 4.39 Å². The van der Waals surface area contributed by atoms with Gasteiger partial charge in [-0.15, -0.1) is 0 Å². The zero-order valence-electron chi connectivity index (χ0n) is 13.2. The molecule has 2 aromatic carbocycles. The summed E-state index contributed by atoms with van der Waals surface area (Å²) in [6, 6.07) is 14.4. The van der Waals surface area contributed by atoms with Gasteiger partial charge in [-0.2, -0.15) is 0 Å². The largest absolute Gasteiger partial charge is 0.481 e. The summed E-state index contributed by atoms with van der Waals surface area (Å²) in [4.78, 5) is 13.6. The molecule has 1 heterocycles. The molecule has 0 spiro atoms. The highest BCUT2D eigenvalue weighted by molar-refractivity contribution is 9.10. The number of hydrogen-bond acceptors (Lipinski definition) is 2. The predicted octanol–water partition coefficient (Wildman–Crippen LogP) is 4.47. The van der Waals surface area contributed by atoms with Crippen molar-refractivity contribution in [2.45, 2.75) is 18.9 Å². The lowest BCUT2D eigenvalue weighted by Gasteiger charge is -2.37. The number of piperidine rings is 1. The zero-order valence-corrected chi connectivity index (χ0v) is 14.7. The molecule has 0 bridgehead atoms. The molecule has 0 amide bonds. The van der Waals surface area contributed by atoms with Gasteiger partial charge in [0, 0.05) is 11.0 Å². The Morgan fingerprint density at radius 3 is 2.62 bits per heavy atom. The van der Waals surface area contributed by atoms with Gasteiger partial charge in [0.25, 0.3) is 0 Å². The number of carbonyl (C=O) groups is 1. The maximum absolute atomic E-state index is 13.3. The Morgan fingerprint density at radius 2 is 1.96 bits per heavy atom. The third-order valence-electron chi connectivity index (χ3n) is 4.52. The molecule has 3 nitrogen and oxygen atoms in total.